The molecule has 0 unspecified atom stereocenters. The van der Waals surface area contributed by atoms with Crippen molar-refractivity contribution >= 4 is 0 Å². The molecule has 0 bridgehead atoms. The lowest BCUT2D eigenvalue weighted by atomic mass is 9.68. The highest BCUT2D eigenvalue weighted by Gasteiger charge is 2.49. The highest BCUT2D eigenvalue weighted by Crippen LogP contribution is 2.50. The summed E-state index contributed by atoms with van der Waals surface area (Å²) in [6, 6.07) is 17.5. The molecule has 2 aromatic heterocycles. The lowest BCUT2D eigenvalue weighted by molar-refractivity contribution is -0.0884. The zero-order chi connectivity index (χ0) is 17.3. The summed E-state index contributed by atoms with van der Waals surface area (Å²) in [4.78, 5) is 0. The van der Waals surface area contributed by atoms with Gasteiger partial charge in [0.25, 0.3) is 0 Å². The minimum absolute atomic E-state index is 0.00716. The first-order chi connectivity index (χ1) is 12.2. The van der Waals surface area contributed by atoms with Gasteiger partial charge in [0.1, 0.15) is 11.5 Å². The Bertz CT molecular complexity index is 782. The highest BCUT2D eigenvalue weighted by atomic mass is 16.3. The van der Waals surface area contributed by atoms with Crippen molar-refractivity contribution in [1.82, 2.24) is 5.32 Å². The van der Waals surface area contributed by atoms with Crippen LogP contribution in [0.3, 0.4) is 0 Å². The highest BCUT2D eigenvalue weighted by molar-refractivity contribution is 5.28. The van der Waals surface area contributed by atoms with Gasteiger partial charge in [-0.2, -0.15) is 0 Å². The molecule has 130 valence electrons. The number of piperidine rings is 1. The van der Waals surface area contributed by atoms with Gasteiger partial charge in [0.15, 0.2) is 0 Å². The van der Waals surface area contributed by atoms with Crippen LogP contribution in [0.15, 0.2) is 76.0 Å². The smallest absolute Gasteiger partial charge is 0.121 e. The van der Waals surface area contributed by atoms with Crippen LogP contribution in [0.25, 0.3) is 0 Å². The topological polar surface area (TPSA) is 58.5 Å². The number of aliphatic hydroxyl groups is 1. The Morgan fingerprint density at radius 1 is 1.00 bits per heavy atom. The summed E-state index contributed by atoms with van der Waals surface area (Å²) < 4.78 is 11.3. The van der Waals surface area contributed by atoms with Crippen molar-refractivity contribution in [3.05, 3.63) is 84.2 Å². The van der Waals surface area contributed by atoms with E-state index in [2.05, 4.69) is 12.2 Å². The maximum absolute atomic E-state index is 11.8. The second-order valence-corrected chi connectivity index (χ2v) is 6.74. The largest absolute Gasteiger partial charge is 0.468 e. The van der Waals surface area contributed by atoms with Crippen LogP contribution in [0, 0.1) is 5.92 Å². The standard InChI is InChI=1S/C21H23NO3/c1-2-16-20(19-11-7-13-25-19)22-17(18-10-6-12-24-18)14-21(16,23)15-8-4-3-5-9-15/h3-13,16-17,20,22-23H,2,14H2,1H3/t16-,17-,20+,21-/m0/s1. The van der Waals surface area contributed by atoms with Gasteiger partial charge < -0.3 is 13.9 Å². The summed E-state index contributed by atoms with van der Waals surface area (Å²) in [5, 5.41) is 15.5. The lowest BCUT2D eigenvalue weighted by Gasteiger charge is -2.47. The van der Waals surface area contributed by atoms with Gasteiger partial charge in [-0.1, -0.05) is 37.3 Å². The zero-order valence-electron chi connectivity index (χ0n) is 14.3. The molecule has 25 heavy (non-hydrogen) atoms. The summed E-state index contributed by atoms with van der Waals surface area (Å²) in [6.45, 7) is 2.11. The second kappa shape index (κ2) is 6.54. The third-order valence-electron chi connectivity index (χ3n) is 5.36. The Balaban J connectivity index is 1.80. The molecule has 0 amide bonds. The van der Waals surface area contributed by atoms with Crippen LogP contribution in [-0.2, 0) is 5.60 Å². The molecule has 3 heterocycles. The Labute approximate surface area is 147 Å². The molecule has 1 aliphatic rings. The van der Waals surface area contributed by atoms with E-state index in [1.54, 1.807) is 12.5 Å². The van der Waals surface area contributed by atoms with Gasteiger partial charge in [-0.3, -0.25) is 5.32 Å². The minimum Gasteiger partial charge on any atom is -0.468 e. The summed E-state index contributed by atoms with van der Waals surface area (Å²) in [5.41, 5.74) is -0.0210. The van der Waals surface area contributed by atoms with E-state index in [1.807, 2.05) is 54.6 Å². The van der Waals surface area contributed by atoms with Crippen LogP contribution in [0.4, 0.5) is 0 Å². The maximum Gasteiger partial charge on any atom is 0.121 e. The SMILES string of the molecule is CC[C@H]1[C@H](c2ccco2)N[C@H](c2ccco2)C[C@]1(O)c1ccccc1. The molecule has 4 heteroatoms. The van der Waals surface area contributed by atoms with Crippen LogP contribution in [-0.4, -0.2) is 5.11 Å². The Morgan fingerprint density at radius 2 is 1.68 bits per heavy atom. The summed E-state index contributed by atoms with van der Waals surface area (Å²) in [7, 11) is 0. The van der Waals surface area contributed by atoms with Crippen molar-refractivity contribution in [3.8, 4) is 0 Å². The third kappa shape index (κ3) is 2.81. The Hall–Kier alpha value is -2.30. The molecular formula is C21H23NO3. The molecule has 4 nitrogen and oxygen atoms in total. The van der Waals surface area contributed by atoms with Gasteiger partial charge in [0.2, 0.25) is 0 Å². The minimum atomic E-state index is -0.962. The molecule has 1 aromatic carbocycles. The molecule has 1 aliphatic heterocycles. The molecule has 3 aromatic rings. The van der Waals surface area contributed by atoms with Crippen LogP contribution < -0.4 is 5.32 Å². The quantitative estimate of drug-likeness (QED) is 0.732. The van der Waals surface area contributed by atoms with Crippen LogP contribution >= 0.6 is 0 Å². The molecule has 4 atom stereocenters. The predicted molar refractivity (Wildman–Crippen MR) is 94.8 cm³/mol. The summed E-state index contributed by atoms with van der Waals surface area (Å²) in [6.07, 6.45) is 4.74. The number of benzene rings is 1. The van der Waals surface area contributed by atoms with Crippen molar-refractivity contribution in [2.75, 3.05) is 0 Å². The van der Waals surface area contributed by atoms with E-state index >= 15 is 0 Å². The summed E-state index contributed by atoms with van der Waals surface area (Å²) >= 11 is 0. The number of rotatable bonds is 4. The van der Waals surface area contributed by atoms with E-state index in [-0.39, 0.29) is 18.0 Å². The Morgan fingerprint density at radius 3 is 2.28 bits per heavy atom. The zero-order valence-corrected chi connectivity index (χ0v) is 14.3. The number of hydrogen-bond donors (Lipinski definition) is 2. The van der Waals surface area contributed by atoms with Crippen molar-refractivity contribution < 1.29 is 13.9 Å². The molecule has 0 spiro atoms. The lowest BCUT2D eigenvalue weighted by Crippen LogP contribution is -2.51. The van der Waals surface area contributed by atoms with Gasteiger partial charge >= 0.3 is 0 Å². The molecular weight excluding hydrogens is 314 g/mol. The molecule has 0 saturated carbocycles. The van der Waals surface area contributed by atoms with Crippen molar-refractivity contribution in [1.29, 1.82) is 0 Å². The van der Waals surface area contributed by atoms with E-state index in [1.165, 1.54) is 0 Å². The molecule has 0 aliphatic carbocycles. The van der Waals surface area contributed by atoms with Crippen molar-refractivity contribution in [2.24, 2.45) is 5.92 Å². The molecule has 1 fully saturated rings. The maximum atomic E-state index is 11.8. The van der Waals surface area contributed by atoms with Crippen LogP contribution in [0.1, 0.15) is 48.9 Å². The molecule has 1 saturated heterocycles. The predicted octanol–water partition coefficient (Wildman–Crippen LogP) is 4.56. The van der Waals surface area contributed by atoms with Gasteiger partial charge in [-0.25, -0.2) is 0 Å². The first kappa shape index (κ1) is 16.2. The van der Waals surface area contributed by atoms with Gasteiger partial charge in [0, 0.05) is 12.3 Å². The van der Waals surface area contributed by atoms with E-state index in [4.69, 9.17) is 8.83 Å². The average molecular weight is 337 g/mol. The normalized spacial score (nSPS) is 29.6. The number of hydrogen-bond acceptors (Lipinski definition) is 4. The average Bonchev–Trinajstić information content (AvgIpc) is 3.35. The monoisotopic (exact) mass is 337 g/mol. The fraction of sp³-hybridized carbons (Fsp3) is 0.333. The second-order valence-electron chi connectivity index (χ2n) is 6.74. The first-order valence-corrected chi connectivity index (χ1v) is 8.83. The molecule has 4 rings (SSSR count). The van der Waals surface area contributed by atoms with Crippen LogP contribution in [0.2, 0.25) is 0 Å². The number of furan rings is 2. The summed E-state index contributed by atoms with van der Waals surface area (Å²) in [5.74, 6) is 1.67. The van der Waals surface area contributed by atoms with E-state index in [9.17, 15) is 5.11 Å². The third-order valence-corrected chi connectivity index (χ3v) is 5.36. The van der Waals surface area contributed by atoms with Crippen molar-refractivity contribution in [3.63, 3.8) is 0 Å². The van der Waals surface area contributed by atoms with Gasteiger partial charge in [-0.15, -0.1) is 0 Å². The van der Waals surface area contributed by atoms with E-state index in [0.717, 1.165) is 23.5 Å². The van der Waals surface area contributed by atoms with Crippen LogP contribution in [0.5, 0.6) is 0 Å². The Kier molecular flexibility index (Phi) is 4.24. The number of nitrogens with one attached hydrogen (secondary N) is 1. The fourth-order valence-corrected chi connectivity index (χ4v) is 4.18. The first-order valence-electron chi connectivity index (χ1n) is 8.83. The van der Waals surface area contributed by atoms with Crippen molar-refractivity contribution in [2.45, 2.75) is 37.5 Å². The van der Waals surface area contributed by atoms with E-state index < -0.39 is 5.60 Å². The van der Waals surface area contributed by atoms with Gasteiger partial charge in [-0.05, 0) is 36.2 Å². The molecule has 2 N–H and O–H groups in total. The van der Waals surface area contributed by atoms with E-state index in [0.29, 0.717) is 6.42 Å². The van der Waals surface area contributed by atoms with Gasteiger partial charge in [0.05, 0.1) is 30.2 Å². The fourth-order valence-electron chi connectivity index (χ4n) is 4.18. The molecule has 0 radical (unpaired) electrons.